The van der Waals surface area contributed by atoms with E-state index < -0.39 is 27.1 Å². The van der Waals surface area contributed by atoms with Gasteiger partial charge in [-0.1, -0.05) is 12.1 Å². The summed E-state index contributed by atoms with van der Waals surface area (Å²) in [6.45, 7) is 1.33. The number of benzene rings is 2. The number of nitrogens with one attached hydrogen (secondary N) is 1. The maximum atomic E-state index is 12.6. The topological polar surface area (TPSA) is 128 Å². The summed E-state index contributed by atoms with van der Waals surface area (Å²) in [7, 11) is 1.59. The van der Waals surface area contributed by atoms with Gasteiger partial charge in [0.15, 0.2) is 0 Å². The lowest BCUT2D eigenvalue weighted by Crippen LogP contribution is -2.47. The van der Waals surface area contributed by atoms with Crippen molar-refractivity contribution in [3.8, 4) is 5.75 Å². The molecule has 2 aromatic rings. The van der Waals surface area contributed by atoms with Crippen LogP contribution in [-0.2, 0) is 0 Å². The van der Waals surface area contributed by atoms with Crippen molar-refractivity contribution in [2.75, 3.05) is 25.1 Å². The Labute approximate surface area is 166 Å². The number of nitrogens with zero attached hydrogens (tertiary/aromatic N) is 3. The number of hydrogen-bond donors (Lipinski definition) is 1. The van der Waals surface area contributed by atoms with Crippen LogP contribution < -0.4 is 15.0 Å². The number of anilines is 1. The highest BCUT2D eigenvalue weighted by atomic mass is 16.6. The first-order valence-electron chi connectivity index (χ1n) is 9.01. The second-order valence-corrected chi connectivity index (χ2v) is 6.68. The van der Waals surface area contributed by atoms with Crippen LogP contribution in [0.5, 0.6) is 5.75 Å². The lowest BCUT2D eigenvalue weighted by Gasteiger charge is -2.35. The number of ether oxygens (including phenoxy) is 1. The summed E-state index contributed by atoms with van der Waals surface area (Å²) < 4.78 is 5.40. The van der Waals surface area contributed by atoms with Gasteiger partial charge in [0.2, 0.25) is 0 Å². The number of methoxy groups -OCH3 is 1. The summed E-state index contributed by atoms with van der Waals surface area (Å²) in [6, 6.07) is 10.3. The van der Waals surface area contributed by atoms with Crippen LogP contribution in [0.2, 0.25) is 0 Å². The lowest BCUT2D eigenvalue weighted by molar-refractivity contribution is -0.394. The number of amides is 1. The number of hydrogen-bond acceptors (Lipinski definition) is 7. The summed E-state index contributed by atoms with van der Waals surface area (Å²) in [4.78, 5) is 35.3. The summed E-state index contributed by atoms with van der Waals surface area (Å²) >= 11 is 0. The van der Waals surface area contributed by atoms with Crippen LogP contribution in [0.15, 0.2) is 42.5 Å². The zero-order valence-corrected chi connectivity index (χ0v) is 15.7. The Morgan fingerprint density at radius 3 is 2.41 bits per heavy atom. The van der Waals surface area contributed by atoms with E-state index in [1.165, 1.54) is 0 Å². The molecule has 3 rings (SSSR count). The van der Waals surface area contributed by atoms with E-state index in [1.807, 2.05) is 24.3 Å². The van der Waals surface area contributed by atoms with E-state index in [9.17, 15) is 25.0 Å². The predicted molar refractivity (Wildman–Crippen MR) is 105 cm³/mol. The summed E-state index contributed by atoms with van der Waals surface area (Å²) in [6.07, 6.45) is 1.56. The molecular weight excluding hydrogens is 380 g/mol. The molecule has 0 aromatic heterocycles. The second-order valence-electron chi connectivity index (χ2n) is 6.68. The molecule has 1 atom stereocenters. The molecule has 1 saturated heterocycles. The molecule has 1 amide bonds. The van der Waals surface area contributed by atoms with Gasteiger partial charge in [-0.05, 0) is 25.0 Å². The minimum absolute atomic E-state index is 0.111. The van der Waals surface area contributed by atoms with Crippen molar-refractivity contribution in [3.05, 3.63) is 68.3 Å². The minimum atomic E-state index is -0.756. The van der Waals surface area contributed by atoms with Crippen LogP contribution in [-0.4, -0.2) is 42.0 Å². The second kappa shape index (κ2) is 8.55. The van der Waals surface area contributed by atoms with E-state index in [4.69, 9.17) is 4.74 Å². The summed E-state index contributed by atoms with van der Waals surface area (Å²) in [5, 5.41) is 24.9. The molecule has 10 heteroatoms. The van der Waals surface area contributed by atoms with E-state index in [1.54, 1.807) is 7.11 Å². The van der Waals surface area contributed by atoms with Crippen LogP contribution in [0.25, 0.3) is 0 Å². The Hall–Kier alpha value is -3.69. The van der Waals surface area contributed by atoms with Crippen molar-refractivity contribution < 1.29 is 19.4 Å². The van der Waals surface area contributed by atoms with Crippen LogP contribution in [0, 0.1) is 20.2 Å². The maximum Gasteiger partial charge on any atom is 0.277 e. The van der Waals surface area contributed by atoms with E-state index in [2.05, 4.69) is 10.2 Å². The Balaban J connectivity index is 1.77. The smallest absolute Gasteiger partial charge is 0.277 e. The molecule has 0 saturated carbocycles. The third kappa shape index (κ3) is 4.60. The van der Waals surface area contributed by atoms with Gasteiger partial charge in [0.1, 0.15) is 5.75 Å². The van der Waals surface area contributed by atoms with Gasteiger partial charge in [-0.15, -0.1) is 0 Å². The molecule has 1 aliphatic heterocycles. The predicted octanol–water partition coefficient (Wildman–Crippen LogP) is 2.91. The first kappa shape index (κ1) is 20.1. The minimum Gasteiger partial charge on any atom is -0.495 e. The monoisotopic (exact) mass is 400 g/mol. The van der Waals surface area contributed by atoms with E-state index in [-0.39, 0.29) is 11.6 Å². The quantitative estimate of drug-likeness (QED) is 0.583. The molecule has 1 unspecified atom stereocenters. The highest BCUT2D eigenvalue weighted by Crippen LogP contribution is 2.30. The number of nitro groups is 2. The Bertz CT molecular complexity index is 916. The van der Waals surface area contributed by atoms with Crippen molar-refractivity contribution in [1.29, 1.82) is 0 Å². The van der Waals surface area contributed by atoms with Gasteiger partial charge in [-0.2, -0.15) is 0 Å². The summed E-state index contributed by atoms with van der Waals surface area (Å²) in [5.41, 5.74) is -0.187. The first-order valence-corrected chi connectivity index (χ1v) is 9.01. The largest absolute Gasteiger partial charge is 0.495 e. The fraction of sp³-hybridized carbons (Fsp3) is 0.316. The molecule has 1 aliphatic rings. The third-order valence-electron chi connectivity index (χ3n) is 4.77. The van der Waals surface area contributed by atoms with Crippen molar-refractivity contribution in [2.45, 2.75) is 18.9 Å². The number of nitro benzene ring substituents is 2. The van der Waals surface area contributed by atoms with Crippen LogP contribution in [0.4, 0.5) is 17.1 Å². The number of non-ortho nitro benzene ring substituents is 2. The van der Waals surface area contributed by atoms with Crippen molar-refractivity contribution in [3.63, 3.8) is 0 Å². The highest BCUT2D eigenvalue weighted by Gasteiger charge is 2.25. The van der Waals surface area contributed by atoms with Gasteiger partial charge >= 0.3 is 0 Å². The van der Waals surface area contributed by atoms with Gasteiger partial charge in [0.25, 0.3) is 17.3 Å². The van der Waals surface area contributed by atoms with Crippen LogP contribution in [0.3, 0.4) is 0 Å². The third-order valence-corrected chi connectivity index (χ3v) is 4.77. The van der Waals surface area contributed by atoms with Crippen LogP contribution in [0.1, 0.15) is 23.2 Å². The molecule has 10 nitrogen and oxygen atoms in total. The number of carbonyl (C=O) groups is 1. The molecule has 0 radical (unpaired) electrons. The Morgan fingerprint density at radius 1 is 1.14 bits per heavy atom. The van der Waals surface area contributed by atoms with Gasteiger partial charge in [0, 0.05) is 31.3 Å². The fourth-order valence-corrected chi connectivity index (χ4v) is 3.41. The van der Waals surface area contributed by atoms with Crippen molar-refractivity contribution >= 4 is 23.0 Å². The van der Waals surface area contributed by atoms with Crippen molar-refractivity contribution in [2.24, 2.45) is 0 Å². The number of para-hydroxylation sites is 2. The fourth-order valence-electron chi connectivity index (χ4n) is 3.41. The number of rotatable bonds is 6. The van der Waals surface area contributed by atoms with E-state index >= 15 is 0 Å². The SMILES string of the molecule is COc1ccccc1N1CCCC(NC(=O)c2cc([N+](=O)[O-])cc([N+](=O)[O-])c2)C1. The molecular formula is C19H20N4O6. The molecule has 1 heterocycles. The average molecular weight is 400 g/mol. The zero-order valence-electron chi connectivity index (χ0n) is 15.7. The molecule has 152 valence electrons. The van der Waals surface area contributed by atoms with Crippen LogP contribution >= 0.6 is 0 Å². The van der Waals surface area contributed by atoms with Gasteiger partial charge in [0.05, 0.1) is 34.3 Å². The molecule has 29 heavy (non-hydrogen) atoms. The molecule has 1 N–H and O–H groups in total. The van der Waals surface area contributed by atoms with E-state index in [0.717, 1.165) is 49.0 Å². The Morgan fingerprint density at radius 2 is 1.79 bits per heavy atom. The highest BCUT2D eigenvalue weighted by molar-refractivity contribution is 5.95. The standard InChI is InChI=1S/C19H20N4O6/c1-29-18-7-3-2-6-17(18)21-8-4-5-14(12-21)20-19(24)13-9-15(22(25)26)11-16(10-13)23(27)28/h2-3,6-7,9-11,14H,4-5,8,12H2,1H3,(H,20,24). The molecule has 0 aliphatic carbocycles. The van der Waals surface area contributed by atoms with E-state index in [0.29, 0.717) is 6.54 Å². The van der Waals surface area contributed by atoms with Gasteiger partial charge < -0.3 is 15.0 Å². The van der Waals surface area contributed by atoms with Gasteiger partial charge in [-0.25, -0.2) is 0 Å². The number of piperidine rings is 1. The molecule has 0 spiro atoms. The van der Waals surface area contributed by atoms with Crippen molar-refractivity contribution in [1.82, 2.24) is 5.32 Å². The Kier molecular flexibility index (Phi) is 5.91. The lowest BCUT2D eigenvalue weighted by atomic mass is 10.0. The first-order chi connectivity index (χ1) is 13.9. The maximum absolute atomic E-state index is 12.6. The average Bonchev–Trinajstić information content (AvgIpc) is 2.73. The zero-order chi connectivity index (χ0) is 21.0. The normalized spacial score (nSPS) is 16.2. The molecule has 0 bridgehead atoms. The summed E-state index contributed by atoms with van der Waals surface area (Å²) in [5.74, 6) is 0.150. The molecule has 2 aromatic carbocycles. The van der Waals surface area contributed by atoms with Gasteiger partial charge in [-0.3, -0.25) is 25.0 Å². The molecule has 1 fully saturated rings. The number of carbonyl (C=O) groups excluding carboxylic acids is 1.